The molecule has 0 aromatic heterocycles. The molecule has 174 valence electrons. The third kappa shape index (κ3) is 7.83. The molecule has 4 nitrogen and oxygen atoms in total. The summed E-state index contributed by atoms with van der Waals surface area (Å²) in [6, 6.07) is 13.0. The van der Waals surface area contributed by atoms with Gasteiger partial charge in [0.2, 0.25) is 11.8 Å². The lowest BCUT2D eigenvalue weighted by Crippen LogP contribution is -2.52. The van der Waals surface area contributed by atoms with Crippen molar-refractivity contribution in [3.05, 3.63) is 69.2 Å². The maximum Gasteiger partial charge on any atom is 0.242 e. The third-order valence-electron chi connectivity index (χ3n) is 5.28. The van der Waals surface area contributed by atoms with Gasteiger partial charge < -0.3 is 10.2 Å². The topological polar surface area (TPSA) is 49.4 Å². The summed E-state index contributed by atoms with van der Waals surface area (Å²) in [6.45, 7) is 12.1. The average molecular weight is 477 g/mol. The van der Waals surface area contributed by atoms with Crippen molar-refractivity contribution in [2.75, 3.05) is 0 Å². The van der Waals surface area contributed by atoms with Crippen LogP contribution in [0.25, 0.3) is 0 Å². The molecule has 6 heteroatoms. The summed E-state index contributed by atoms with van der Waals surface area (Å²) in [5, 5.41) is 3.85. The van der Waals surface area contributed by atoms with Gasteiger partial charge >= 0.3 is 0 Å². The first kappa shape index (κ1) is 26.2. The summed E-state index contributed by atoms with van der Waals surface area (Å²) in [7, 11) is 0. The number of carbonyl (C=O) groups excluding carboxylic acids is 2. The van der Waals surface area contributed by atoms with Crippen molar-refractivity contribution in [1.82, 2.24) is 10.2 Å². The van der Waals surface area contributed by atoms with Crippen LogP contribution in [0.3, 0.4) is 0 Å². The van der Waals surface area contributed by atoms with Crippen molar-refractivity contribution in [3.63, 3.8) is 0 Å². The summed E-state index contributed by atoms with van der Waals surface area (Å²) in [6.07, 6.45) is 0.929. The van der Waals surface area contributed by atoms with E-state index in [-0.39, 0.29) is 23.9 Å². The highest BCUT2D eigenvalue weighted by atomic mass is 35.5. The molecule has 0 aliphatic rings. The van der Waals surface area contributed by atoms with Gasteiger partial charge in [-0.1, -0.05) is 67.4 Å². The molecule has 0 heterocycles. The number of hydrogen-bond donors (Lipinski definition) is 1. The molecule has 0 spiro atoms. The summed E-state index contributed by atoms with van der Waals surface area (Å²) in [5.74, 6) is 0.197. The fourth-order valence-corrected chi connectivity index (χ4v) is 3.68. The fourth-order valence-electron chi connectivity index (χ4n) is 3.36. The van der Waals surface area contributed by atoms with Gasteiger partial charge in [-0.15, -0.1) is 0 Å². The Balaban J connectivity index is 2.18. The Morgan fingerprint density at radius 1 is 0.938 bits per heavy atom. The monoisotopic (exact) mass is 476 g/mol. The van der Waals surface area contributed by atoms with Crippen LogP contribution in [0.2, 0.25) is 10.0 Å². The van der Waals surface area contributed by atoms with Crippen LogP contribution in [0.5, 0.6) is 0 Å². The normalized spacial score (nSPS) is 12.5. The largest absolute Gasteiger partial charge is 0.350 e. The molecule has 0 saturated heterocycles. The first-order chi connectivity index (χ1) is 14.9. The molecular weight excluding hydrogens is 443 g/mol. The zero-order chi connectivity index (χ0) is 24.1. The molecule has 0 aliphatic carbocycles. The third-order valence-corrected chi connectivity index (χ3v) is 6.02. The van der Waals surface area contributed by atoms with Gasteiger partial charge in [0.05, 0.1) is 10.0 Å². The van der Waals surface area contributed by atoms with Gasteiger partial charge in [0, 0.05) is 18.5 Å². The quantitative estimate of drug-likeness (QED) is 0.480. The van der Waals surface area contributed by atoms with Crippen molar-refractivity contribution in [2.45, 2.75) is 78.4 Å². The number of amides is 2. The summed E-state index contributed by atoms with van der Waals surface area (Å²) in [4.78, 5) is 27.7. The Hall–Kier alpha value is -2.04. The molecule has 1 atom stereocenters. The van der Waals surface area contributed by atoms with Crippen LogP contribution in [-0.2, 0) is 22.6 Å². The van der Waals surface area contributed by atoms with Crippen molar-refractivity contribution in [2.24, 2.45) is 0 Å². The first-order valence-corrected chi connectivity index (χ1v) is 11.8. The molecule has 0 saturated carbocycles. The number of hydrogen-bond acceptors (Lipinski definition) is 2. The maximum atomic E-state index is 13.2. The van der Waals surface area contributed by atoms with Crippen LogP contribution in [0, 0.1) is 0 Å². The average Bonchev–Trinajstić information content (AvgIpc) is 2.71. The second-order valence-corrected chi connectivity index (χ2v) is 10.4. The van der Waals surface area contributed by atoms with E-state index in [1.165, 1.54) is 5.56 Å². The minimum Gasteiger partial charge on any atom is -0.350 e. The van der Waals surface area contributed by atoms with Crippen molar-refractivity contribution in [3.8, 4) is 0 Å². The maximum absolute atomic E-state index is 13.2. The molecule has 0 unspecified atom stereocenters. The smallest absolute Gasteiger partial charge is 0.242 e. The van der Waals surface area contributed by atoms with Crippen LogP contribution < -0.4 is 5.32 Å². The fraction of sp³-hybridized carbons (Fsp3) is 0.462. The zero-order valence-corrected chi connectivity index (χ0v) is 21.3. The van der Waals surface area contributed by atoms with Crippen molar-refractivity contribution < 1.29 is 9.59 Å². The highest BCUT2D eigenvalue weighted by molar-refractivity contribution is 6.42. The Morgan fingerprint density at radius 3 is 2.06 bits per heavy atom. The van der Waals surface area contributed by atoms with E-state index < -0.39 is 6.04 Å². The van der Waals surface area contributed by atoms with Crippen LogP contribution >= 0.6 is 23.2 Å². The molecule has 0 fully saturated rings. The molecule has 0 bridgehead atoms. The van der Waals surface area contributed by atoms with Crippen LogP contribution in [0.1, 0.15) is 70.6 Å². The highest BCUT2D eigenvalue weighted by Crippen LogP contribution is 2.24. The van der Waals surface area contributed by atoms with E-state index >= 15 is 0 Å². The van der Waals surface area contributed by atoms with Crippen LogP contribution in [0.4, 0.5) is 0 Å². The molecule has 2 amide bonds. The predicted octanol–water partition coefficient (Wildman–Crippen LogP) is 6.38. The number of carbonyl (C=O) groups is 2. The van der Waals surface area contributed by atoms with E-state index in [0.29, 0.717) is 28.8 Å². The Labute approximate surface area is 202 Å². The van der Waals surface area contributed by atoms with Crippen molar-refractivity contribution in [1.29, 1.82) is 0 Å². The predicted molar refractivity (Wildman–Crippen MR) is 133 cm³/mol. The molecular formula is C26H34Cl2N2O2. The van der Waals surface area contributed by atoms with Gasteiger partial charge in [-0.25, -0.2) is 0 Å². The Bertz CT molecular complexity index is 934. The first-order valence-electron chi connectivity index (χ1n) is 11.0. The van der Waals surface area contributed by atoms with E-state index in [9.17, 15) is 9.59 Å². The van der Waals surface area contributed by atoms with Crippen LogP contribution in [-0.4, -0.2) is 28.3 Å². The van der Waals surface area contributed by atoms with Crippen LogP contribution in [0.15, 0.2) is 42.5 Å². The molecule has 2 rings (SSSR count). The number of rotatable bonds is 8. The molecule has 0 aliphatic heterocycles. The van der Waals surface area contributed by atoms with Gasteiger partial charge in [-0.05, 0) is 68.9 Å². The summed E-state index contributed by atoms with van der Waals surface area (Å²) >= 11 is 12.2. The van der Waals surface area contributed by atoms with E-state index in [4.69, 9.17) is 23.2 Å². The zero-order valence-electron chi connectivity index (χ0n) is 19.8. The Kier molecular flexibility index (Phi) is 9.18. The minimum atomic E-state index is -0.625. The van der Waals surface area contributed by atoms with E-state index in [1.54, 1.807) is 24.0 Å². The molecule has 1 N–H and O–H groups in total. The number of benzene rings is 2. The highest BCUT2D eigenvalue weighted by Gasteiger charge is 2.28. The lowest BCUT2D eigenvalue weighted by atomic mass is 10.00. The van der Waals surface area contributed by atoms with E-state index in [1.807, 2.05) is 26.8 Å². The van der Waals surface area contributed by atoms with Gasteiger partial charge in [-0.2, -0.15) is 0 Å². The molecule has 0 radical (unpaired) electrons. The molecule has 2 aromatic rings. The van der Waals surface area contributed by atoms with Gasteiger partial charge in [0.1, 0.15) is 6.04 Å². The minimum absolute atomic E-state index is 0.0828. The van der Waals surface area contributed by atoms with Gasteiger partial charge in [0.25, 0.3) is 0 Å². The lowest BCUT2D eigenvalue weighted by molar-refractivity contribution is -0.141. The van der Waals surface area contributed by atoms with Gasteiger partial charge in [0.15, 0.2) is 0 Å². The number of aryl methyl sites for hydroxylation is 1. The second-order valence-electron chi connectivity index (χ2n) is 9.58. The lowest BCUT2D eigenvalue weighted by Gasteiger charge is -2.31. The number of nitrogens with zero attached hydrogens (tertiary/aromatic N) is 1. The molecule has 32 heavy (non-hydrogen) atoms. The van der Waals surface area contributed by atoms with Crippen molar-refractivity contribution >= 4 is 35.0 Å². The number of nitrogens with one attached hydrogen (secondary N) is 1. The summed E-state index contributed by atoms with van der Waals surface area (Å²) in [5.41, 5.74) is 2.81. The van der Waals surface area contributed by atoms with Gasteiger partial charge in [-0.3, -0.25) is 9.59 Å². The number of halogens is 2. The SMILES string of the molecule is CC(C)c1ccc(CCC(=O)N(Cc2ccc(Cl)c(Cl)c2)[C@H](C)C(=O)NC(C)(C)C)cc1. The Morgan fingerprint density at radius 2 is 1.53 bits per heavy atom. The summed E-state index contributed by atoms with van der Waals surface area (Å²) < 4.78 is 0. The van der Waals surface area contributed by atoms with E-state index in [2.05, 4.69) is 43.4 Å². The molecule has 2 aromatic carbocycles. The van der Waals surface area contributed by atoms with E-state index in [0.717, 1.165) is 11.1 Å². The standard InChI is InChI=1S/C26H34Cl2N2O2/c1-17(2)21-11-7-19(8-12-21)10-14-24(31)30(18(3)25(32)29-26(4,5)6)16-20-9-13-22(27)23(28)15-20/h7-9,11-13,15,17-18H,10,14,16H2,1-6H3,(H,29,32)/t18-/m1/s1. The second kappa shape index (κ2) is 11.2.